The van der Waals surface area contributed by atoms with Crippen LogP contribution >= 0.6 is 15.9 Å². The lowest BCUT2D eigenvalue weighted by molar-refractivity contribution is -0.131. The molecule has 0 aliphatic carbocycles. The van der Waals surface area contributed by atoms with Gasteiger partial charge in [0.1, 0.15) is 5.82 Å². The predicted octanol–water partition coefficient (Wildman–Crippen LogP) is 2.08. The zero-order valence-electron chi connectivity index (χ0n) is 10.0. The van der Waals surface area contributed by atoms with E-state index in [1.807, 2.05) is 0 Å². The summed E-state index contributed by atoms with van der Waals surface area (Å²) >= 11 is 3.12. The Bertz CT molecular complexity index is 453. The van der Waals surface area contributed by atoms with E-state index in [2.05, 4.69) is 15.9 Å². The van der Waals surface area contributed by atoms with E-state index in [4.69, 9.17) is 5.73 Å². The van der Waals surface area contributed by atoms with Crippen LogP contribution in [0.25, 0.3) is 0 Å². The average Bonchev–Trinajstić information content (AvgIpc) is 2.34. The van der Waals surface area contributed by atoms with Gasteiger partial charge in [-0.25, -0.2) is 4.39 Å². The van der Waals surface area contributed by atoms with E-state index < -0.39 is 0 Å². The third kappa shape index (κ3) is 3.29. The second-order valence-electron chi connectivity index (χ2n) is 4.67. The van der Waals surface area contributed by atoms with Gasteiger partial charge in [0.2, 0.25) is 5.91 Å². The van der Waals surface area contributed by atoms with E-state index in [0.29, 0.717) is 17.4 Å². The molecule has 18 heavy (non-hydrogen) atoms. The first-order valence-electron chi connectivity index (χ1n) is 6.03. The number of hydrogen-bond donors (Lipinski definition) is 1. The maximum Gasteiger partial charge on any atom is 0.227 e. The van der Waals surface area contributed by atoms with Gasteiger partial charge >= 0.3 is 0 Å². The Morgan fingerprint density at radius 2 is 2.33 bits per heavy atom. The van der Waals surface area contributed by atoms with Crippen molar-refractivity contribution in [2.24, 2.45) is 5.73 Å². The van der Waals surface area contributed by atoms with E-state index in [-0.39, 0.29) is 17.8 Å². The molecule has 2 N–H and O–H groups in total. The van der Waals surface area contributed by atoms with Crippen LogP contribution in [0.2, 0.25) is 0 Å². The van der Waals surface area contributed by atoms with Crippen molar-refractivity contribution < 1.29 is 9.18 Å². The first kappa shape index (κ1) is 13.5. The molecule has 1 saturated heterocycles. The Labute approximate surface area is 114 Å². The summed E-state index contributed by atoms with van der Waals surface area (Å²) in [5, 5.41) is 0. The SMILES string of the molecule is N[C@@H]1CCCN(C(=O)Cc2ccc(F)c(Br)c2)C1. The summed E-state index contributed by atoms with van der Waals surface area (Å²) in [7, 11) is 0. The molecule has 0 saturated carbocycles. The molecule has 1 aromatic carbocycles. The molecule has 0 bridgehead atoms. The fourth-order valence-corrected chi connectivity index (χ4v) is 2.60. The summed E-state index contributed by atoms with van der Waals surface area (Å²) in [5.74, 6) is -0.255. The molecule has 1 aliphatic heterocycles. The number of piperidine rings is 1. The monoisotopic (exact) mass is 314 g/mol. The molecular weight excluding hydrogens is 299 g/mol. The standard InChI is InChI=1S/C13H16BrFN2O/c14-11-6-9(3-4-12(11)15)7-13(18)17-5-1-2-10(16)8-17/h3-4,6,10H,1-2,5,7-8,16H2/t10-/m1/s1. The highest BCUT2D eigenvalue weighted by atomic mass is 79.9. The van der Waals surface area contributed by atoms with Crippen molar-refractivity contribution in [3.63, 3.8) is 0 Å². The van der Waals surface area contributed by atoms with Crippen molar-refractivity contribution in [1.29, 1.82) is 0 Å². The normalized spacial score (nSPS) is 19.9. The summed E-state index contributed by atoms with van der Waals surface area (Å²) < 4.78 is 13.5. The van der Waals surface area contributed by atoms with Gasteiger partial charge in [0.15, 0.2) is 0 Å². The Morgan fingerprint density at radius 3 is 3.00 bits per heavy atom. The third-order valence-electron chi connectivity index (χ3n) is 3.15. The van der Waals surface area contributed by atoms with Gasteiger partial charge in [0.25, 0.3) is 0 Å². The van der Waals surface area contributed by atoms with E-state index in [9.17, 15) is 9.18 Å². The smallest absolute Gasteiger partial charge is 0.227 e. The number of benzene rings is 1. The maximum atomic E-state index is 13.1. The topological polar surface area (TPSA) is 46.3 Å². The fourth-order valence-electron chi connectivity index (χ4n) is 2.17. The van der Waals surface area contributed by atoms with E-state index in [1.54, 1.807) is 17.0 Å². The Morgan fingerprint density at radius 1 is 1.56 bits per heavy atom. The van der Waals surface area contributed by atoms with E-state index >= 15 is 0 Å². The number of carbonyl (C=O) groups is 1. The summed E-state index contributed by atoms with van der Waals surface area (Å²) in [5.41, 5.74) is 6.66. The van der Waals surface area contributed by atoms with Crippen LogP contribution < -0.4 is 5.73 Å². The van der Waals surface area contributed by atoms with Gasteiger partial charge in [-0.2, -0.15) is 0 Å². The second kappa shape index (κ2) is 5.80. The number of nitrogens with zero attached hydrogens (tertiary/aromatic N) is 1. The maximum absolute atomic E-state index is 13.1. The largest absolute Gasteiger partial charge is 0.341 e. The van der Waals surface area contributed by atoms with Crippen molar-refractivity contribution in [3.05, 3.63) is 34.1 Å². The van der Waals surface area contributed by atoms with Crippen LogP contribution in [0.1, 0.15) is 18.4 Å². The van der Waals surface area contributed by atoms with E-state index in [1.165, 1.54) is 6.07 Å². The number of nitrogens with two attached hydrogens (primary N) is 1. The lowest BCUT2D eigenvalue weighted by Crippen LogP contribution is -2.46. The highest BCUT2D eigenvalue weighted by Gasteiger charge is 2.21. The molecule has 1 amide bonds. The fraction of sp³-hybridized carbons (Fsp3) is 0.462. The Balaban J connectivity index is 2.00. The van der Waals surface area contributed by atoms with Crippen LogP contribution in [0.5, 0.6) is 0 Å². The lowest BCUT2D eigenvalue weighted by Gasteiger charge is -2.30. The minimum absolute atomic E-state index is 0.0589. The molecular formula is C13H16BrFN2O. The molecule has 98 valence electrons. The molecule has 1 aliphatic rings. The van der Waals surface area contributed by atoms with Crippen LogP contribution in [0.15, 0.2) is 22.7 Å². The number of amides is 1. The van der Waals surface area contributed by atoms with Crippen molar-refractivity contribution in [2.75, 3.05) is 13.1 Å². The molecule has 1 fully saturated rings. The minimum atomic E-state index is -0.314. The molecule has 0 aromatic heterocycles. The van der Waals surface area contributed by atoms with E-state index in [0.717, 1.165) is 24.9 Å². The third-order valence-corrected chi connectivity index (χ3v) is 3.76. The summed E-state index contributed by atoms with van der Waals surface area (Å²) in [6.45, 7) is 1.40. The molecule has 5 heteroatoms. The van der Waals surface area contributed by atoms with Gasteiger partial charge in [-0.15, -0.1) is 0 Å². The summed E-state index contributed by atoms with van der Waals surface area (Å²) in [4.78, 5) is 13.9. The quantitative estimate of drug-likeness (QED) is 0.908. The van der Waals surface area contributed by atoms with Gasteiger partial charge < -0.3 is 10.6 Å². The van der Waals surface area contributed by atoms with Crippen LogP contribution in [0.3, 0.4) is 0 Å². The van der Waals surface area contributed by atoms with Crippen molar-refractivity contribution in [1.82, 2.24) is 4.90 Å². The Hall–Kier alpha value is -0.940. The van der Waals surface area contributed by atoms with Crippen LogP contribution in [0, 0.1) is 5.82 Å². The molecule has 1 aromatic rings. The molecule has 0 unspecified atom stereocenters. The summed E-state index contributed by atoms with van der Waals surface area (Å²) in [6, 6.07) is 4.75. The molecule has 1 atom stereocenters. The number of carbonyl (C=O) groups excluding carboxylic acids is 1. The zero-order chi connectivity index (χ0) is 13.1. The van der Waals surface area contributed by atoms with Gasteiger partial charge in [0.05, 0.1) is 10.9 Å². The first-order valence-corrected chi connectivity index (χ1v) is 6.83. The summed E-state index contributed by atoms with van der Waals surface area (Å²) in [6.07, 6.45) is 2.23. The Kier molecular flexibility index (Phi) is 4.35. The second-order valence-corrected chi connectivity index (χ2v) is 5.52. The zero-order valence-corrected chi connectivity index (χ0v) is 11.6. The van der Waals surface area contributed by atoms with Crippen LogP contribution in [0.4, 0.5) is 4.39 Å². The molecule has 0 radical (unpaired) electrons. The average molecular weight is 315 g/mol. The number of halogens is 2. The van der Waals surface area contributed by atoms with Gasteiger partial charge in [-0.3, -0.25) is 4.79 Å². The van der Waals surface area contributed by atoms with Gasteiger partial charge in [0, 0.05) is 19.1 Å². The predicted molar refractivity (Wildman–Crippen MR) is 71.6 cm³/mol. The van der Waals surface area contributed by atoms with Crippen molar-refractivity contribution in [3.8, 4) is 0 Å². The highest BCUT2D eigenvalue weighted by Crippen LogP contribution is 2.18. The number of likely N-dealkylation sites (tertiary alicyclic amines) is 1. The lowest BCUT2D eigenvalue weighted by atomic mass is 10.1. The molecule has 3 nitrogen and oxygen atoms in total. The first-order chi connectivity index (χ1) is 8.56. The molecule has 2 rings (SSSR count). The number of hydrogen-bond acceptors (Lipinski definition) is 2. The van der Waals surface area contributed by atoms with Gasteiger partial charge in [-0.1, -0.05) is 6.07 Å². The van der Waals surface area contributed by atoms with Crippen LogP contribution in [-0.2, 0) is 11.2 Å². The highest BCUT2D eigenvalue weighted by molar-refractivity contribution is 9.10. The minimum Gasteiger partial charge on any atom is -0.341 e. The number of rotatable bonds is 2. The van der Waals surface area contributed by atoms with Crippen molar-refractivity contribution in [2.45, 2.75) is 25.3 Å². The molecule has 0 spiro atoms. The molecule has 1 heterocycles. The van der Waals surface area contributed by atoms with Crippen LogP contribution in [-0.4, -0.2) is 29.9 Å². The van der Waals surface area contributed by atoms with Gasteiger partial charge in [-0.05, 0) is 46.5 Å². The van der Waals surface area contributed by atoms with Crippen molar-refractivity contribution >= 4 is 21.8 Å².